The smallest absolute Gasteiger partial charge is 0.224 e. The van der Waals surface area contributed by atoms with Gasteiger partial charge < -0.3 is 10.6 Å². The zero-order valence-electron chi connectivity index (χ0n) is 12.1. The van der Waals surface area contributed by atoms with Crippen molar-refractivity contribution in [1.29, 1.82) is 0 Å². The number of hydrogen-bond acceptors (Lipinski definition) is 2. The van der Waals surface area contributed by atoms with Gasteiger partial charge in [-0.3, -0.25) is 4.79 Å². The van der Waals surface area contributed by atoms with E-state index in [1.54, 1.807) is 0 Å². The monoisotopic (exact) mass is 260 g/mol. The summed E-state index contributed by atoms with van der Waals surface area (Å²) in [7, 11) is 0. The van der Waals surface area contributed by atoms with Crippen LogP contribution in [0.1, 0.15) is 48.9 Å². The third-order valence-electron chi connectivity index (χ3n) is 4.08. The van der Waals surface area contributed by atoms with E-state index >= 15 is 0 Å². The van der Waals surface area contributed by atoms with Gasteiger partial charge in [0.25, 0.3) is 0 Å². The lowest BCUT2D eigenvalue weighted by atomic mass is 9.96. The minimum Gasteiger partial charge on any atom is -0.336 e. The van der Waals surface area contributed by atoms with Gasteiger partial charge in [0.05, 0.1) is 6.04 Å². The first-order chi connectivity index (χ1) is 9.00. The Hall–Kier alpha value is -1.35. The van der Waals surface area contributed by atoms with Crippen molar-refractivity contribution in [3.05, 3.63) is 34.9 Å². The minimum atomic E-state index is -0.0626. The third-order valence-corrected chi connectivity index (χ3v) is 4.08. The van der Waals surface area contributed by atoms with Crippen molar-refractivity contribution in [2.45, 2.75) is 52.1 Å². The molecule has 1 amide bonds. The predicted molar refractivity (Wildman–Crippen MR) is 77.9 cm³/mol. The maximum Gasteiger partial charge on any atom is 0.224 e. The van der Waals surface area contributed by atoms with Crippen LogP contribution >= 0.6 is 0 Å². The Balaban J connectivity index is 2.23. The largest absolute Gasteiger partial charge is 0.336 e. The van der Waals surface area contributed by atoms with Gasteiger partial charge in [0, 0.05) is 19.0 Å². The summed E-state index contributed by atoms with van der Waals surface area (Å²) in [5.41, 5.74) is 9.66. The Kier molecular flexibility index (Phi) is 4.25. The molecule has 1 aliphatic heterocycles. The van der Waals surface area contributed by atoms with Gasteiger partial charge in [0.15, 0.2) is 0 Å². The molecule has 2 atom stereocenters. The number of nitrogens with zero attached hydrogens (tertiary/aromatic N) is 1. The van der Waals surface area contributed by atoms with Crippen LogP contribution in [0.3, 0.4) is 0 Å². The molecule has 104 valence electrons. The Bertz CT molecular complexity index is 468. The second-order valence-corrected chi connectivity index (χ2v) is 5.72. The molecule has 2 N–H and O–H groups in total. The van der Waals surface area contributed by atoms with Crippen LogP contribution in [0.5, 0.6) is 0 Å². The van der Waals surface area contributed by atoms with Crippen LogP contribution in [0, 0.1) is 13.8 Å². The fourth-order valence-electron chi connectivity index (χ4n) is 2.92. The topological polar surface area (TPSA) is 46.3 Å². The zero-order chi connectivity index (χ0) is 14.0. The molecule has 3 heteroatoms. The summed E-state index contributed by atoms with van der Waals surface area (Å²) in [6, 6.07) is 6.55. The van der Waals surface area contributed by atoms with Gasteiger partial charge in [0.2, 0.25) is 5.91 Å². The molecule has 0 aromatic heterocycles. The van der Waals surface area contributed by atoms with Crippen LogP contribution in [0.25, 0.3) is 0 Å². The molecule has 0 bridgehead atoms. The molecule has 1 heterocycles. The van der Waals surface area contributed by atoms with Crippen LogP contribution in [-0.2, 0) is 4.79 Å². The van der Waals surface area contributed by atoms with Gasteiger partial charge in [-0.05, 0) is 50.3 Å². The number of rotatable bonds is 3. The number of carbonyl (C=O) groups is 1. The van der Waals surface area contributed by atoms with Crippen molar-refractivity contribution in [1.82, 2.24) is 4.90 Å². The van der Waals surface area contributed by atoms with E-state index in [1.165, 1.54) is 16.7 Å². The molecule has 1 fully saturated rings. The summed E-state index contributed by atoms with van der Waals surface area (Å²) < 4.78 is 0. The number of benzene rings is 1. The lowest BCUT2D eigenvalue weighted by Gasteiger charge is -2.27. The van der Waals surface area contributed by atoms with Gasteiger partial charge in [0.1, 0.15) is 0 Å². The molecule has 1 saturated heterocycles. The van der Waals surface area contributed by atoms with E-state index in [-0.39, 0.29) is 18.0 Å². The Morgan fingerprint density at radius 3 is 2.89 bits per heavy atom. The molecule has 1 aromatic rings. The quantitative estimate of drug-likeness (QED) is 0.908. The molecule has 19 heavy (non-hydrogen) atoms. The Morgan fingerprint density at radius 2 is 2.21 bits per heavy atom. The van der Waals surface area contributed by atoms with E-state index in [0.29, 0.717) is 6.42 Å². The number of aryl methyl sites for hydroxylation is 1. The van der Waals surface area contributed by atoms with Crippen molar-refractivity contribution >= 4 is 5.91 Å². The lowest BCUT2D eigenvalue weighted by molar-refractivity contribution is -0.132. The highest BCUT2D eigenvalue weighted by molar-refractivity contribution is 5.77. The molecule has 0 aliphatic carbocycles. The van der Waals surface area contributed by atoms with E-state index in [1.807, 2.05) is 11.8 Å². The van der Waals surface area contributed by atoms with Crippen molar-refractivity contribution in [2.75, 3.05) is 6.54 Å². The lowest BCUT2D eigenvalue weighted by Crippen LogP contribution is -2.34. The summed E-state index contributed by atoms with van der Waals surface area (Å²) in [5.74, 6) is 0.193. The number of amides is 1. The summed E-state index contributed by atoms with van der Waals surface area (Å²) in [6.45, 7) is 7.03. The highest BCUT2D eigenvalue weighted by Gasteiger charge is 2.30. The average Bonchev–Trinajstić information content (AvgIpc) is 2.80. The Labute approximate surface area is 115 Å². The first-order valence-corrected chi connectivity index (χ1v) is 7.12. The standard InChI is InChI=1S/C16H24N2O/c1-11-6-4-7-14(13(11)3)15-8-5-9-18(15)16(19)10-12(2)17/h4,6-7,12,15H,5,8-10,17H2,1-3H3. The molecule has 3 nitrogen and oxygen atoms in total. The van der Waals surface area contributed by atoms with Gasteiger partial charge in [-0.25, -0.2) is 0 Å². The van der Waals surface area contributed by atoms with E-state index in [0.717, 1.165) is 19.4 Å². The maximum absolute atomic E-state index is 12.3. The Morgan fingerprint density at radius 1 is 1.47 bits per heavy atom. The van der Waals surface area contributed by atoms with Crippen LogP contribution in [0.15, 0.2) is 18.2 Å². The zero-order valence-corrected chi connectivity index (χ0v) is 12.1. The second kappa shape index (κ2) is 5.74. The summed E-state index contributed by atoms with van der Waals surface area (Å²) >= 11 is 0. The normalized spacial score (nSPS) is 20.6. The second-order valence-electron chi connectivity index (χ2n) is 5.72. The van der Waals surface area contributed by atoms with Crippen molar-refractivity contribution in [2.24, 2.45) is 5.73 Å². The van der Waals surface area contributed by atoms with Crippen molar-refractivity contribution in [3.8, 4) is 0 Å². The molecule has 2 rings (SSSR count). The van der Waals surface area contributed by atoms with Crippen molar-refractivity contribution < 1.29 is 4.79 Å². The molecule has 0 spiro atoms. The van der Waals surface area contributed by atoms with Crippen molar-refractivity contribution in [3.63, 3.8) is 0 Å². The molecular weight excluding hydrogens is 236 g/mol. The fourth-order valence-corrected chi connectivity index (χ4v) is 2.92. The van der Waals surface area contributed by atoms with E-state index in [9.17, 15) is 4.79 Å². The van der Waals surface area contributed by atoms with Crippen LogP contribution in [0.4, 0.5) is 0 Å². The first-order valence-electron chi connectivity index (χ1n) is 7.12. The number of nitrogens with two attached hydrogens (primary N) is 1. The van der Waals surface area contributed by atoms with E-state index in [2.05, 4.69) is 32.0 Å². The molecular formula is C16H24N2O. The number of carbonyl (C=O) groups excluding carboxylic acids is 1. The summed E-state index contributed by atoms with van der Waals surface area (Å²) in [5, 5.41) is 0. The van der Waals surface area contributed by atoms with Crippen LogP contribution in [-0.4, -0.2) is 23.4 Å². The van der Waals surface area contributed by atoms with E-state index in [4.69, 9.17) is 5.73 Å². The number of likely N-dealkylation sites (tertiary alicyclic amines) is 1. The minimum absolute atomic E-state index is 0.0626. The van der Waals surface area contributed by atoms with Gasteiger partial charge >= 0.3 is 0 Å². The number of hydrogen-bond donors (Lipinski definition) is 1. The molecule has 2 unspecified atom stereocenters. The van der Waals surface area contributed by atoms with Crippen LogP contribution in [0.2, 0.25) is 0 Å². The average molecular weight is 260 g/mol. The van der Waals surface area contributed by atoms with E-state index < -0.39 is 0 Å². The third kappa shape index (κ3) is 2.98. The van der Waals surface area contributed by atoms with Crippen LogP contribution < -0.4 is 5.73 Å². The molecule has 0 saturated carbocycles. The first kappa shape index (κ1) is 14.1. The highest BCUT2D eigenvalue weighted by atomic mass is 16.2. The van der Waals surface area contributed by atoms with Gasteiger partial charge in [-0.2, -0.15) is 0 Å². The molecule has 0 radical (unpaired) electrons. The van der Waals surface area contributed by atoms with Gasteiger partial charge in [-0.15, -0.1) is 0 Å². The summed E-state index contributed by atoms with van der Waals surface area (Å²) in [4.78, 5) is 14.3. The van der Waals surface area contributed by atoms with Gasteiger partial charge in [-0.1, -0.05) is 18.2 Å². The molecule has 1 aliphatic rings. The summed E-state index contributed by atoms with van der Waals surface area (Å²) in [6.07, 6.45) is 2.60. The predicted octanol–water partition coefficient (Wildman–Crippen LogP) is 2.70. The molecule has 1 aromatic carbocycles. The maximum atomic E-state index is 12.3. The SMILES string of the molecule is Cc1cccc(C2CCCN2C(=O)CC(C)N)c1C. The highest BCUT2D eigenvalue weighted by Crippen LogP contribution is 2.34. The fraction of sp³-hybridized carbons (Fsp3) is 0.562.